The van der Waals surface area contributed by atoms with Crippen LogP contribution in [0.4, 0.5) is 0 Å². The first-order valence-electron chi connectivity index (χ1n) is 3.68. The van der Waals surface area contributed by atoms with E-state index < -0.39 is 0 Å². The van der Waals surface area contributed by atoms with E-state index in [1.165, 1.54) is 6.20 Å². The molecule has 1 aliphatic carbocycles. The molecule has 1 aliphatic rings. The van der Waals surface area contributed by atoms with Crippen LogP contribution in [0.3, 0.4) is 0 Å². The maximum atomic E-state index is 11.2. The van der Waals surface area contributed by atoms with Gasteiger partial charge in [0.05, 0.1) is 0 Å². The second-order valence-electron chi connectivity index (χ2n) is 2.81. The zero-order chi connectivity index (χ0) is 7.84. The molecule has 0 radical (unpaired) electrons. The predicted molar refractivity (Wildman–Crippen MR) is 42.4 cm³/mol. The lowest BCUT2D eigenvalue weighted by molar-refractivity contribution is -0.613. The van der Waals surface area contributed by atoms with Crippen molar-refractivity contribution in [2.24, 2.45) is 0 Å². The van der Waals surface area contributed by atoms with E-state index in [-0.39, 0.29) is 0 Å². The number of fused-ring (bicyclic) bond motifs is 1. The lowest BCUT2D eigenvalue weighted by atomic mass is 10.2. The maximum Gasteiger partial charge on any atom is 0.199 e. The topological polar surface area (TPSA) is 26.9 Å². The number of hydrogen-bond donors (Lipinski definition) is 0. The van der Waals surface area contributed by atoms with Gasteiger partial charge in [-0.15, -0.1) is 0 Å². The molecule has 0 fully saturated rings. The molecule has 2 rings (SSSR count). The minimum atomic E-state index is 0.542. The molecular weight excluding hydrogens is 162 g/mol. The normalized spacial score (nSPS) is 15.0. The smallest absolute Gasteiger partial charge is 0.199 e. The van der Waals surface area contributed by atoms with Crippen LogP contribution >= 0.6 is 11.6 Å². The number of pyridine rings is 1. The standard InChI is InChI=1S/C8H8ClNO/c9-7-4-6-2-1-3-8(6)10(11)5-7/h4-5H,1-3H2. The highest BCUT2D eigenvalue weighted by molar-refractivity contribution is 6.30. The Morgan fingerprint density at radius 3 is 3.09 bits per heavy atom. The lowest BCUT2D eigenvalue weighted by Crippen LogP contribution is -2.31. The van der Waals surface area contributed by atoms with E-state index in [2.05, 4.69) is 0 Å². The molecule has 1 aromatic rings. The summed E-state index contributed by atoms with van der Waals surface area (Å²) >= 11 is 5.71. The van der Waals surface area contributed by atoms with Gasteiger partial charge in [0, 0.05) is 12.0 Å². The summed E-state index contributed by atoms with van der Waals surface area (Å²) in [5.41, 5.74) is 2.02. The van der Waals surface area contributed by atoms with Gasteiger partial charge >= 0.3 is 0 Å². The van der Waals surface area contributed by atoms with E-state index in [1.54, 1.807) is 0 Å². The Kier molecular flexibility index (Phi) is 1.50. The first kappa shape index (κ1) is 6.92. The van der Waals surface area contributed by atoms with Crippen LogP contribution in [0.1, 0.15) is 17.7 Å². The molecule has 0 aliphatic heterocycles. The number of rotatable bonds is 0. The molecular formula is C8H8ClNO. The molecule has 0 aromatic carbocycles. The molecule has 0 spiro atoms. The molecule has 2 nitrogen and oxygen atoms in total. The molecule has 0 N–H and O–H groups in total. The van der Waals surface area contributed by atoms with Gasteiger partial charge in [-0.1, -0.05) is 11.6 Å². The Bertz CT molecular complexity index is 298. The van der Waals surface area contributed by atoms with Crippen molar-refractivity contribution in [3.8, 4) is 0 Å². The highest BCUT2D eigenvalue weighted by Crippen LogP contribution is 2.20. The van der Waals surface area contributed by atoms with E-state index in [1.807, 2.05) is 6.07 Å². The van der Waals surface area contributed by atoms with Gasteiger partial charge in [0.25, 0.3) is 0 Å². The van der Waals surface area contributed by atoms with Crippen LogP contribution in [0.15, 0.2) is 12.3 Å². The fourth-order valence-electron chi connectivity index (χ4n) is 1.55. The number of aromatic nitrogens is 1. The maximum absolute atomic E-state index is 11.2. The zero-order valence-corrected chi connectivity index (χ0v) is 6.77. The molecule has 58 valence electrons. The molecule has 0 saturated carbocycles. The first-order chi connectivity index (χ1) is 5.27. The molecule has 0 saturated heterocycles. The Labute approximate surface area is 70.0 Å². The van der Waals surface area contributed by atoms with Crippen LogP contribution in [0.25, 0.3) is 0 Å². The highest BCUT2D eigenvalue weighted by atomic mass is 35.5. The van der Waals surface area contributed by atoms with Gasteiger partial charge in [0.2, 0.25) is 0 Å². The Morgan fingerprint density at radius 1 is 1.45 bits per heavy atom. The summed E-state index contributed by atoms with van der Waals surface area (Å²) in [7, 11) is 0. The van der Waals surface area contributed by atoms with Crippen molar-refractivity contribution >= 4 is 11.6 Å². The SMILES string of the molecule is [O-][n+]1cc(Cl)cc2c1CCC2. The van der Waals surface area contributed by atoms with E-state index in [9.17, 15) is 5.21 Å². The molecule has 0 atom stereocenters. The fourth-order valence-corrected chi connectivity index (χ4v) is 1.77. The summed E-state index contributed by atoms with van der Waals surface area (Å²) in [6.45, 7) is 0. The highest BCUT2D eigenvalue weighted by Gasteiger charge is 2.19. The van der Waals surface area contributed by atoms with Crippen LogP contribution < -0.4 is 4.73 Å². The Hall–Kier alpha value is -0.760. The molecule has 11 heavy (non-hydrogen) atoms. The van der Waals surface area contributed by atoms with Crippen molar-refractivity contribution in [1.29, 1.82) is 0 Å². The summed E-state index contributed by atoms with van der Waals surface area (Å²) in [6.07, 6.45) is 4.40. The minimum Gasteiger partial charge on any atom is -0.618 e. The van der Waals surface area contributed by atoms with Gasteiger partial charge in [-0.25, -0.2) is 0 Å². The molecule has 0 amide bonds. The number of halogens is 1. The minimum absolute atomic E-state index is 0.542. The second kappa shape index (κ2) is 2.38. The number of hydrogen-bond acceptors (Lipinski definition) is 1. The Morgan fingerprint density at radius 2 is 2.27 bits per heavy atom. The van der Waals surface area contributed by atoms with E-state index in [0.717, 1.165) is 35.3 Å². The monoisotopic (exact) mass is 169 g/mol. The Balaban J connectivity index is 2.60. The molecule has 3 heteroatoms. The molecule has 0 bridgehead atoms. The third-order valence-corrected chi connectivity index (χ3v) is 2.26. The van der Waals surface area contributed by atoms with Gasteiger partial charge in [0.15, 0.2) is 11.9 Å². The quantitative estimate of drug-likeness (QED) is 0.427. The number of aryl methyl sites for hydroxylation is 1. The average Bonchev–Trinajstić information content (AvgIpc) is 2.34. The summed E-state index contributed by atoms with van der Waals surface area (Å²) in [6, 6.07) is 1.89. The van der Waals surface area contributed by atoms with Crippen molar-refractivity contribution in [1.82, 2.24) is 0 Å². The van der Waals surface area contributed by atoms with Crippen molar-refractivity contribution in [3.63, 3.8) is 0 Å². The van der Waals surface area contributed by atoms with Crippen LogP contribution in [-0.4, -0.2) is 0 Å². The van der Waals surface area contributed by atoms with Crippen LogP contribution in [0.2, 0.25) is 5.02 Å². The molecule has 0 unspecified atom stereocenters. The van der Waals surface area contributed by atoms with Gasteiger partial charge in [-0.05, 0) is 18.9 Å². The van der Waals surface area contributed by atoms with Crippen molar-refractivity contribution in [2.75, 3.05) is 0 Å². The van der Waals surface area contributed by atoms with E-state index in [0.29, 0.717) is 5.02 Å². The van der Waals surface area contributed by atoms with Gasteiger partial charge in [0.1, 0.15) is 5.02 Å². The average molecular weight is 170 g/mol. The van der Waals surface area contributed by atoms with Crippen molar-refractivity contribution in [2.45, 2.75) is 19.3 Å². The summed E-state index contributed by atoms with van der Waals surface area (Å²) in [5.74, 6) is 0. The first-order valence-corrected chi connectivity index (χ1v) is 4.05. The van der Waals surface area contributed by atoms with Crippen LogP contribution in [0, 0.1) is 5.21 Å². The number of nitrogens with zero attached hydrogens (tertiary/aromatic N) is 1. The molecule has 1 aromatic heterocycles. The summed E-state index contributed by atoms with van der Waals surface area (Å²) < 4.78 is 0.894. The lowest BCUT2D eigenvalue weighted by Gasteiger charge is -2.02. The predicted octanol–water partition coefficient (Wildman–Crippen LogP) is 1.46. The summed E-state index contributed by atoms with van der Waals surface area (Å²) in [4.78, 5) is 0. The van der Waals surface area contributed by atoms with Gasteiger partial charge in [-0.3, -0.25) is 0 Å². The third kappa shape index (κ3) is 1.07. The van der Waals surface area contributed by atoms with Crippen LogP contribution in [0.5, 0.6) is 0 Å². The van der Waals surface area contributed by atoms with E-state index >= 15 is 0 Å². The molecule has 1 heterocycles. The second-order valence-corrected chi connectivity index (χ2v) is 3.25. The third-order valence-electron chi connectivity index (χ3n) is 2.05. The largest absolute Gasteiger partial charge is 0.618 e. The van der Waals surface area contributed by atoms with E-state index in [4.69, 9.17) is 11.6 Å². The fraction of sp³-hybridized carbons (Fsp3) is 0.375. The van der Waals surface area contributed by atoms with Crippen molar-refractivity contribution in [3.05, 3.63) is 33.8 Å². The zero-order valence-electron chi connectivity index (χ0n) is 6.01. The van der Waals surface area contributed by atoms with Crippen LogP contribution in [-0.2, 0) is 12.8 Å². The van der Waals surface area contributed by atoms with Gasteiger partial charge in [-0.2, -0.15) is 4.73 Å². The summed E-state index contributed by atoms with van der Waals surface area (Å²) in [5, 5.41) is 11.7. The van der Waals surface area contributed by atoms with Crippen molar-refractivity contribution < 1.29 is 4.73 Å². The van der Waals surface area contributed by atoms with Gasteiger partial charge < -0.3 is 5.21 Å².